The zero-order valence-corrected chi connectivity index (χ0v) is 19.2. The number of rotatable bonds is 7. The van der Waals surface area contributed by atoms with Crippen molar-refractivity contribution in [1.82, 2.24) is 4.90 Å². The molecule has 1 aliphatic rings. The lowest BCUT2D eigenvalue weighted by Crippen LogP contribution is -2.39. The first-order valence-electron chi connectivity index (χ1n) is 10.9. The molecule has 1 aliphatic heterocycles. The van der Waals surface area contributed by atoms with Crippen LogP contribution in [0.1, 0.15) is 50.0 Å². The summed E-state index contributed by atoms with van der Waals surface area (Å²) in [6.45, 7) is 8.17. The van der Waals surface area contributed by atoms with E-state index in [1.807, 2.05) is 32.9 Å². The minimum absolute atomic E-state index is 0.0433. The molecule has 0 amide bonds. The van der Waals surface area contributed by atoms with Crippen molar-refractivity contribution in [3.8, 4) is 5.75 Å². The SMILES string of the molecule is CC(C)(C)OC(=O)CCN1CCOC(c2ccc(OCc3cccc(C(F)(F)F)c3)cc2)C1. The van der Waals surface area contributed by atoms with Gasteiger partial charge in [0, 0.05) is 19.6 Å². The maximum atomic E-state index is 12.9. The normalized spacial score (nSPS) is 17.6. The molecule has 3 rings (SSSR count). The van der Waals surface area contributed by atoms with Gasteiger partial charge in [-0.1, -0.05) is 24.3 Å². The summed E-state index contributed by atoms with van der Waals surface area (Å²) in [5, 5.41) is 0. The number of halogens is 3. The van der Waals surface area contributed by atoms with Crippen LogP contribution < -0.4 is 4.74 Å². The van der Waals surface area contributed by atoms with Gasteiger partial charge in [-0.3, -0.25) is 9.69 Å². The highest BCUT2D eigenvalue weighted by atomic mass is 19.4. The molecule has 1 fully saturated rings. The summed E-state index contributed by atoms with van der Waals surface area (Å²) in [5.74, 6) is 0.349. The van der Waals surface area contributed by atoms with Gasteiger partial charge in [0.05, 0.1) is 24.7 Å². The Morgan fingerprint density at radius 2 is 1.85 bits per heavy atom. The van der Waals surface area contributed by atoms with Gasteiger partial charge in [-0.05, 0) is 56.2 Å². The van der Waals surface area contributed by atoms with E-state index in [9.17, 15) is 18.0 Å². The van der Waals surface area contributed by atoms with Crippen molar-refractivity contribution in [2.24, 2.45) is 0 Å². The van der Waals surface area contributed by atoms with Crippen molar-refractivity contribution in [3.63, 3.8) is 0 Å². The fourth-order valence-corrected chi connectivity index (χ4v) is 3.53. The lowest BCUT2D eigenvalue weighted by atomic mass is 10.1. The Morgan fingerprint density at radius 3 is 2.52 bits per heavy atom. The van der Waals surface area contributed by atoms with Crippen molar-refractivity contribution < 1.29 is 32.2 Å². The standard InChI is InChI=1S/C25H30F3NO4/c1-24(2,3)33-23(30)11-12-29-13-14-31-22(16-29)19-7-9-21(10-8-19)32-17-18-5-4-6-20(15-18)25(26,27)28/h4-10,15,22H,11-14,16-17H2,1-3H3. The Labute approximate surface area is 192 Å². The maximum Gasteiger partial charge on any atom is 0.416 e. The number of alkyl halides is 3. The first-order chi connectivity index (χ1) is 15.5. The van der Waals surface area contributed by atoms with Crippen molar-refractivity contribution >= 4 is 5.97 Å². The molecule has 0 N–H and O–H groups in total. The van der Waals surface area contributed by atoms with E-state index in [-0.39, 0.29) is 18.7 Å². The number of morpholine rings is 1. The van der Waals surface area contributed by atoms with E-state index in [1.165, 1.54) is 6.07 Å². The van der Waals surface area contributed by atoms with Crippen LogP contribution in [0.15, 0.2) is 48.5 Å². The molecule has 180 valence electrons. The van der Waals surface area contributed by atoms with Gasteiger partial charge >= 0.3 is 12.1 Å². The topological polar surface area (TPSA) is 48.0 Å². The lowest BCUT2D eigenvalue weighted by molar-refractivity contribution is -0.155. The predicted octanol–water partition coefficient (Wildman–Crippen LogP) is 5.39. The highest BCUT2D eigenvalue weighted by Crippen LogP contribution is 2.30. The van der Waals surface area contributed by atoms with Crippen LogP contribution in [0.2, 0.25) is 0 Å². The second-order valence-corrected chi connectivity index (χ2v) is 9.05. The molecule has 1 heterocycles. The molecule has 0 aliphatic carbocycles. The number of carbonyl (C=O) groups is 1. The minimum atomic E-state index is -4.38. The summed E-state index contributed by atoms with van der Waals surface area (Å²) < 4.78 is 55.5. The molecule has 2 aromatic carbocycles. The highest BCUT2D eigenvalue weighted by Gasteiger charge is 2.30. The summed E-state index contributed by atoms with van der Waals surface area (Å²) in [4.78, 5) is 14.1. The van der Waals surface area contributed by atoms with Crippen LogP contribution in [0.25, 0.3) is 0 Å². The lowest BCUT2D eigenvalue weighted by Gasteiger charge is -2.33. The first kappa shape index (κ1) is 25.1. The zero-order chi connectivity index (χ0) is 24.1. The van der Waals surface area contributed by atoms with E-state index < -0.39 is 17.3 Å². The third-order valence-electron chi connectivity index (χ3n) is 5.11. The van der Waals surface area contributed by atoms with Crippen molar-refractivity contribution in [1.29, 1.82) is 0 Å². The van der Waals surface area contributed by atoms with Crippen molar-refractivity contribution in [2.75, 3.05) is 26.2 Å². The Morgan fingerprint density at radius 1 is 1.12 bits per heavy atom. The zero-order valence-electron chi connectivity index (χ0n) is 19.2. The van der Waals surface area contributed by atoms with Crippen LogP contribution in [-0.2, 0) is 27.1 Å². The summed E-state index contributed by atoms with van der Waals surface area (Å²) >= 11 is 0. The van der Waals surface area contributed by atoms with Gasteiger partial charge in [0.1, 0.15) is 18.0 Å². The molecule has 0 radical (unpaired) electrons. The number of benzene rings is 2. The predicted molar refractivity (Wildman–Crippen MR) is 118 cm³/mol. The van der Waals surface area contributed by atoms with Crippen molar-refractivity contribution in [2.45, 2.75) is 51.7 Å². The highest BCUT2D eigenvalue weighted by molar-refractivity contribution is 5.70. The number of nitrogens with zero attached hydrogens (tertiary/aromatic N) is 1. The molecule has 0 aromatic heterocycles. The average molecular weight is 466 g/mol. The smallest absolute Gasteiger partial charge is 0.416 e. The van der Waals surface area contributed by atoms with E-state index in [2.05, 4.69) is 4.90 Å². The van der Waals surface area contributed by atoms with Gasteiger partial charge in [0.25, 0.3) is 0 Å². The molecular weight excluding hydrogens is 435 g/mol. The first-order valence-corrected chi connectivity index (χ1v) is 10.9. The number of ether oxygens (including phenoxy) is 3. The van der Waals surface area contributed by atoms with Crippen LogP contribution in [-0.4, -0.2) is 42.7 Å². The second-order valence-electron chi connectivity index (χ2n) is 9.05. The number of hydrogen-bond acceptors (Lipinski definition) is 5. The summed E-state index contributed by atoms with van der Waals surface area (Å²) in [6, 6.07) is 12.5. The molecule has 1 saturated heterocycles. The Bertz CT molecular complexity index is 922. The quantitative estimate of drug-likeness (QED) is 0.513. The number of esters is 1. The molecule has 0 saturated carbocycles. The van der Waals surface area contributed by atoms with Gasteiger partial charge < -0.3 is 14.2 Å². The molecule has 0 bridgehead atoms. The van der Waals surface area contributed by atoms with Crippen LogP contribution >= 0.6 is 0 Å². The second kappa shape index (κ2) is 10.6. The molecule has 33 heavy (non-hydrogen) atoms. The fraction of sp³-hybridized carbons (Fsp3) is 0.480. The third-order valence-corrected chi connectivity index (χ3v) is 5.11. The van der Waals surface area contributed by atoms with Gasteiger partial charge in [-0.2, -0.15) is 13.2 Å². The van der Waals surface area contributed by atoms with E-state index in [4.69, 9.17) is 14.2 Å². The largest absolute Gasteiger partial charge is 0.489 e. The summed E-state index contributed by atoms with van der Waals surface area (Å²) in [5.41, 5.74) is 0.244. The molecule has 0 spiro atoms. The minimum Gasteiger partial charge on any atom is -0.489 e. The molecule has 2 aromatic rings. The van der Waals surface area contributed by atoms with Gasteiger partial charge in [0.15, 0.2) is 0 Å². The van der Waals surface area contributed by atoms with Crippen LogP contribution in [0.5, 0.6) is 5.75 Å². The van der Waals surface area contributed by atoms with Crippen LogP contribution in [0.4, 0.5) is 13.2 Å². The fourth-order valence-electron chi connectivity index (χ4n) is 3.53. The van der Waals surface area contributed by atoms with E-state index in [0.29, 0.717) is 37.4 Å². The molecular formula is C25H30F3NO4. The summed E-state index contributed by atoms with van der Waals surface area (Å²) in [6.07, 6.45) is -4.18. The van der Waals surface area contributed by atoms with Crippen LogP contribution in [0, 0.1) is 0 Å². The van der Waals surface area contributed by atoms with E-state index in [1.54, 1.807) is 18.2 Å². The Kier molecular flexibility index (Phi) is 8.02. The average Bonchev–Trinajstić information content (AvgIpc) is 2.75. The summed E-state index contributed by atoms with van der Waals surface area (Å²) in [7, 11) is 0. The molecule has 8 heteroatoms. The number of carbonyl (C=O) groups excluding carboxylic acids is 1. The molecule has 1 atom stereocenters. The van der Waals surface area contributed by atoms with Crippen molar-refractivity contribution in [3.05, 3.63) is 65.2 Å². The molecule has 5 nitrogen and oxygen atoms in total. The molecule has 1 unspecified atom stereocenters. The Balaban J connectivity index is 1.51. The van der Waals surface area contributed by atoms with Crippen LogP contribution in [0.3, 0.4) is 0 Å². The van der Waals surface area contributed by atoms with Gasteiger partial charge in [-0.25, -0.2) is 0 Å². The van der Waals surface area contributed by atoms with E-state index >= 15 is 0 Å². The van der Waals surface area contributed by atoms with Gasteiger partial charge in [-0.15, -0.1) is 0 Å². The monoisotopic (exact) mass is 465 g/mol. The number of hydrogen-bond donors (Lipinski definition) is 0. The Hall–Kier alpha value is -2.58. The van der Waals surface area contributed by atoms with Gasteiger partial charge in [0.2, 0.25) is 0 Å². The maximum absolute atomic E-state index is 12.9. The van der Waals surface area contributed by atoms with E-state index in [0.717, 1.165) is 24.2 Å². The third kappa shape index (κ3) is 8.05.